The third kappa shape index (κ3) is 8.16. The minimum atomic E-state index is -0.922. The zero-order chi connectivity index (χ0) is 29.8. The van der Waals surface area contributed by atoms with Crippen LogP contribution in [-0.4, -0.2) is 52.5 Å². The Morgan fingerprint density at radius 1 is 1.10 bits per heavy atom. The number of para-hydroxylation sites is 1. The summed E-state index contributed by atoms with van der Waals surface area (Å²) < 4.78 is 5.48. The number of anilines is 1. The molecule has 2 aromatic rings. The van der Waals surface area contributed by atoms with Crippen molar-refractivity contribution in [2.75, 3.05) is 17.3 Å². The first-order valence-electron chi connectivity index (χ1n) is 13.7. The number of nitrogens with one attached hydrogen (secondary N) is 2. The van der Waals surface area contributed by atoms with Crippen molar-refractivity contribution in [1.82, 2.24) is 10.2 Å². The lowest BCUT2D eigenvalue weighted by molar-refractivity contribution is -0.141. The van der Waals surface area contributed by atoms with Crippen LogP contribution in [0.2, 0.25) is 5.02 Å². The Bertz CT molecular complexity index is 1230. The van der Waals surface area contributed by atoms with Crippen molar-refractivity contribution in [3.05, 3.63) is 63.7 Å². The second kappa shape index (κ2) is 13.3. The van der Waals surface area contributed by atoms with Crippen LogP contribution in [0.5, 0.6) is 0 Å². The molecule has 3 amide bonds. The van der Waals surface area contributed by atoms with Gasteiger partial charge in [-0.05, 0) is 101 Å². The van der Waals surface area contributed by atoms with E-state index in [9.17, 15) is 14.4 Å². The van der Waals surface area contributed by atoms with Gasteiger partial charge in [0, 0.05) is 6.04 Å². The highest BCUT2D eigenvalue weighted by Gasteiger charge is 2.48. The van der Waals surface area contributed by atoms with Gasteiger partial charge in [0.2, 0.25) is 5.91 Å². The number of halogens is 1. The van der Waals surface area contributed by atoms with Gasteiger partial charge in [-0.3, -0.25) is 9.59 Å². The van der Waals surface area contributed by atoms with Crippen LogP contribution >= 0.6 is 23.4 Å². The molecule has 1 saturated carbocycles. The maximum Gasteiger partial charge on any atom is 0.408 e. The van der Waals surface area contributed by atoms with Crippen LogP contribution in [0.4, 0.5) is 10.5 Å². The molecule has 1 fully saturated rings. The van der Waals surface area contributed by atoms with Gasteiger partial charge in [0.15, 0.2) is 0 Å². The maximum absolute atomic E-state index is 14.4. The van der Waals surface area contributed by atoms with Crippen molar-refractivity contribution in [2.45, 2.75) is 85.0 Å². The molecule has 0 radical (unpaired) electrons. The summed E-state index contributed by atoms with van der Waals surface area (Å²) in [5, 5.41) is 6.24. The number of rotatable bonds is 10. The highest BCUT2D eigenvalue weighted by Crippen LogP contribution is 2.42. The van der Waals surface area contributed by atoms with Crippen LogP contribution in [-0.2, 0) is 14.3 Å². The average molecular weight is 588 g/mol. The highest BCUT2D eigenvalue weighted by molar-refractivity contribution is 7.98. The standard InChI is InChI=1S/C31H42ClN3O4S/c1-18-12-13-22(16-20(18)3)27(28(36)34-26-19(2)10-9-11-23(26)32)35(25-17-21(25)4)29(37)24(14-15-40-8)33-30(38)39-31(5,6)7/h9-13,16,21,24-25,27H,14-15,17H2,1-8H3,(H,33,38)(H,34,36). The van der Waals surface area contributed by atoms with E-state index in [1.807, 2.05) is 57.4 Å². The number of benzene rings is 2. The van der Waals surface area contributed by atoms with Crippen LogP contribution < -0.4 is 10.6 Å². The SMILES string of the molecule is CSCCC(NC(=O)OC(C)(C)C)C(=O)N(C(C(=O)Nc1c(C)cccc1Cl)c1ccc(C)c(C)c1)C1CC1C. The quantitative estimate of drug-likeness (QED) is 0.318. The lowest BCUT2D eigenvalue weighted by atomic mass is 9.97. The fourth-order valence-electron chi connectivity index (χ4n) is 4.65. The van der Waals surface area contributed by atoms with E-state index in [1.54, 1.807) is 43.5 Å². The summed E-state index contributed by atoms with van der Waals surface area (Å²) in [6.07, 6.45) is 2.47. The summed E-state index contributed by atoms with van der Waals surface area (Å²) in [7, 11) is 0. The number of nitrogens with zero attached hydrogens (tertiary/aromatic N) is 1. The van der Waals surface area contributed by atoms with E-state index in [1.165, 1.54) is 0 Å². The first-order chi connectivity index (χ1) is 18.7. The summed E-state index contributed by atoms with van der Waals surface area (Å²) >= 11 is 8.06. The fraction of sp³-hybridized carbons (Fsp3) is 0.516. The molecule has 40 heavy (non-hydrogen) atoms. The Kier molecular flexibility index (Phi) is 10.6. The van der Waals surface area contributed by atoms with Gasteiger partial charge in [-0.2, -0.15) is 11.8 Å². The van der Waals surface area contributed by atoms with Gasteiger partial charge in [-0.1, -0.05) is 48.9 Å². The summed E-state index contributed by atoms with van der Waals surface area (Å²) in [6, 6.07) is 9.35. The van der Waals surface area contributed by atoms with Crippen molar-refractivity contribution >= 4 is 47.0 Å². The molecule has 0 heterocycles. The molecule has 0 aliphatic heterocycles. The zero-order valence-corrected chi connectivity index (χ0v) is 26.3. The molecule has 3 rings (SSSR count). The van der Waals surface area contributed by atoms with E-state index in [0.29, 0.717) is 28.4 Å². The van der Waals surface area contributed by atoms with Crippen molar-refractivity contribution in [3.8, 4) is 0 Å². The van der Waals surface area contributed by atoms with Gasteiger partial charge < -0.3 is 20.3 Å². The van der Waals surface area contributed by atoms with Gasteiger partial charge >= 0.3 is 6.09 Å². The van der Waals surface area contributed by atoms with E-state index in [0.717, 1.165) is 23.1 Å². The number of ether oxygens (including phenoxy) is 1. The van der Waals surface area contributed by atoms with Crippen LogP contribution in [0.3, 0.4) is 0 Å². The molecule has 2 aromatic carbocycles. The van der Waals surface area contributed by atoms with E-state index < -0.39 is 23.8 Å². The third-order valence-corrected chi connectivity index (χ3v) is 8.08. The molecule has 0 aromatic heterocycles. The van der Waals surface area contributed by atoms with Crippen LogP contribution in [0.1, 0.15) is 68.8 Å². The lowest BCUT2D eigenvalue weighted by Gasteiger charge is -2.35. The monoisotopic (exact) mass is 587 g/mol. The molecule has 2 N–H and O–H groups in total. The fourth-order valence-corrected chi connectivity index (χ4v) is 5.39. The first-order valence-corrected chi connectivity index (χ1v) is 15.4. The van der Waals surface area contributed by atoms with Crippen LogP contribution in [0.15, 0.2) is 36.4 Å². The molecule has 1 aliphatic carbocycles. The molecule has 0 spiro atoms. The summed E-state index contributed by atoms with van der Waals surface area (Å²) in [4.78, 5) is 43.0. The van der Waals surface area contributed by atoms with Crippen molar-refractivity contribution in [3.63, 3.8) is 0 Å². The van der Waals surface area contributed by atoms with Gasteiger partial charge in [-0.25, -0.2) is 4.79 Å². The van der Waals surface area contributed by atoms with Gasteiger partial charge in [-0.15, -0.1) is 0 Å². The Balaban J connectivity index is 2.07. The Labute approximate surface area is 247 Å². The number of alkyl carbamates (subject to hydrolysis) is 1. The number of aryl methyl sites for hydroxylation is 3. The molecule has 7 nitrogen and oxygen atoms in total. The smallest absolute Gasteiger partial charge is 0.408 e. The summed E-state index contributed by atoms with van der Waals surface area (Å²) in [6.45, 7) is 13.3. The molecular formula is C31H42ClN3O4S. The number of carbonyl (C=O) groups is 3. The van der Waals surface area contributed by atoms with Crippen LogP contribution in [0, 0.1) is 26.7 Å². The predicted molar refractivity (Wildman–Crippen MR) is 164 cm³/mol. The summed E-state index contributed by atoms with van der Waals surface area (Å²) in [5.41, 5.74) is 3.44. The number of amides is 3. The molecule has 9 heteroatoms. The molecule has 4 unspecified atom stereocenters. The number of hydrogen-bond acceptors (Lipinski definition) is 5. The van der Waals surface area contributed by atoms with Crippen molar-refractivity contribution < 1.29 is 19.1 Å². The Morgan fingerprint density at radius 2 is 1.77 bits per heavy atom. The molecule has 0 bridgehead atoms. The predicted octanol–water partition coefficient (Wildman–Crippen LogP) is 6.83. The average Bonchev–Trinajstić information content (AvgIpc) is 3.58. The van der Waals surface area contributed by atoms with Crippen LogP contribution in [0.25, 0.3) is 0 Å². The van der Waals surface area contributed by atoms with E-state index in [-0.39, 0.29) is 23.8 Å². The van der Waals surface area contributed by atoms with Crippen molar-refractivity contribution in [1.29, 1.82) is 0 Å². The minimum Gasteiger partial charge on any atom is -0.444 e. The van der Waals surface area contributed by atoms with Gasteiger partial charge in [0.25, 0.3) is 5.91 Å². The largest absolute Gasteiger partial charge is 0.444 e. The van der Waals surface area contributed by atoms with E-state index >= 15 is 0 Å². The highest BCUT2D eigenvalue weighted by atomic mass is 35.5. The number of hydrogen-bond donors (Lipinski definition) is 2. The molecule has 1 aliphatic rings. The second-order valence-corrected chi connectivity index (χ2v) is 13.1. The van der Waals surface area contributed by atoms with E-state index in [2.05, 4.69) is 17.6 Å². The Hall–Kier alpha value is -2.71. The van der Waals surface area contributed by atoms with Gasteiger partial charge in [0.1, 0.15) is 17.7 Å². The topological polar surface area (TPSA) is 87.7 Å². The normalized spacial score (nSPS) is 17.9. The first kappa shape index (κ1) is 31.8. The van der Waals surface area contributed by atoms with Crippen molar-refractivity contribution in [2.24, 2.45) is 5.92 Å². The minimum absolute atomic E-state index is 0.144. The van der Waals surface area contributed by atoms with E-state index in [4.69, 9.17) is 16.3 Å². The Morgan fingerprint density at radius 3 is 2.33 bits per heavy atom. The van der Waals surface area contributed by atoms with Gasteiger partial charge in [0.05, 0.1) is 10.7 Å². The molecular weight excluding hydrogens is 546 g/mol. The third-order valence-electron chi connectivity index (χ3n) is 7.12. The summed E-state index contributed by atoms with van der Waals surface area (Å²) in [5.74, 6) is 0.214. The second-order valence-electron chi connectivity index (χ2n) is 11.7. The number of carbonyl (C=O) groups excluding carboxylic acids is 3. The zero-order valence-electron chi connectivity index (χ0n) is 24.8. The number of thioether (sulfide) groups is 1. The lowest BCUT2D eigenvalue weighted by Crippen LogP contribution is -2.53. The molecule has 218 valence electrons. The molecule has 4 atom stereocenters. The molecule has 0 saturated heterocycles. The maximum atomic E-state index is 14.4.